The van der Waals surface area contributed by atoms with Gasteiger partial charge in [0.25, 0.3) is 0 Å². The minimum Gasteiger partial charge on any atom is -0.480 e. The number of unbranched alkanes of at least 4 members (excludes halogenated alkanes) is 1. The topological polar surface area (TPSA) is 248 Å². The Bertz CT molecular complexity index is 1650. The van der Waals surface area contributed by atoms with Crippen LogP contribution in [0.5, 0.6) is 0 Å². The molecule has 0 unspecified atom stereocenters. The molecule has 2 aromatic carbocycles. The van der Waals surface area contributed by atoms with Crippen LogP contribution in [0, 0.1) is 11.8 Å². The van der Waals surface area contributed by atoms with Gasteiger partial charge < -0.3 is 53.4 Å². The van der Waals surface area contributed by atoms with Crippen LogP contribution in [-0.2, 0) is 41.6 Å². The summed E-state index contributed by atoms with van der Waals surface area (Å²) in [4.78, 5) is 83.7. The predicted molar refractivity (Wildman–Crippen MR) is 240 cm³/mol. The number of carboxylic acids is 1. The largest absolute Gasteiger partial charge is 0.480 e. The van der Waals surface area contributed by atoms with Crippen molar-refractivity contribution in [2.45, 2.75) is 96.4 Å². The van der Waals surface area contributed by atoms with Crippen LogP contribution in [0.15, 0.2) is 60.7 Å². The van der Waals surface area contributed by atoms with E-state index in [1.807, 2.05) is 30.9 Å². The summed E-state index contributed by atoms with van der Waals surface area (Å²) < 4.78 is 0. The number of hydrogen-bond donors (Lipinski definition) is 10. The van der Waals surface area contributed by atoms with Gasteiger partial charge in [-0.3, -0.25) is 28.9 Å². The van der Waals surface area contributed by atoms with Gasteiger partial charge in [0.1, 0.15) is 30.2 Å². The highest BCUT2D eigenvalue weighted by molar-refractivity contribution is 5.96. The van der Waals surface area contributed by atoms with Crippen LogP contribution in [0.3, 0.4) is 0 Å². The maximum Gasteiger partial charge on any atom is 0.326 e. The molecule has 0 aliphatic carbocycles. The lowest BCUT2D eigenvalue weighted by atomic mass is 9.98. The maximum atomic E-state index is 14.1. The number of nitrogens with two attached hydrogens (primary N) is 1. The Morgan fingerprint density at radius 3 is 1.61 bits per heavy atom. The van der Waals surface area contributed by atoms with Crippen molar-refractivity contribution >= 4 is 35.5 Å². The summed E-state index contributed by atoms with van der Waals surface area (Å²) in [5.41, 5.74) is 7.21. The summed E-state index contributed by atoms with van der Waals surface area (Å²) in [5.74, 6) is -4.48. The second kappa shape index (κ2) is 28.6. The molecule has 3 rings (SSSR count). The van der Waals surface area contributed by atoms with Crippen LogP contribution in [0.1, 0.15) is 64.5 Å². The van der Waals surface area contributed by atoms with E-state index >= 15 is 0 Å². The van der Waals surface area contributed by atoms with Gasteiger partial charge in [-0.15, -0.1) is 0 Å². The van der Waals surface area contributed by atoms with Crippen molar-refractivity contribution in [3.05, 3.63) is 71.8 Å². The van der Waals surface area contributed by atoms with E-state index in [-0.39, 0.29) is 37.6 Å². The Labute approximate surface area is 367 Å². The molecule has 0 bridgehead atoms. The molecule has 1 heterocycles. The van der Waals surface area contributed by atoms with Crippen LogP contribution >= 0.6 is 0 Å². The number of amides is 5. The zero-order chi connectivity index (χ0) is 45.3. The molecule has 1 saturated heterocycles. The Kier molecular flexibility index (Phi) is 23.7. The molecule has 2 aromatic rings. The van der Waals surface area contributed by atoms with Crippen LogP contribution in [0.4, 0.5) is 0 Å². The van der Waals surface area contributed by atoms with Gasteiger partial charge in [-0.25, -0.2) is 4.79 Å². The Hall–Kier alpha value is -4.94. The molecule has 1 aliphatic heterocycles. The number of benzene rings is 2. The zero-order valence-electron chi connectivity index (χ0n) is 37.0. The third kappa shape index (κ3) is 19.8. The number of hydrogen-bond acceptors (Lipinski definition) is 11. The first kappa shape index (κ1) is 51.4. The lowest BCUT2D eigenvalue weighted by Gasteiger charge is -2.29. The summed E-state index contributed by atoms with van der Waals surface area (Å²) >= 11 is 0. The molecule has 17 heteroatoms. The molecular formula is C45H72N10O7. The van der Waals surface area contributed by atoms with E-state index in [4.69, 9.17) is 5.73 Å². The molecule has 0 saturated carbocycles. The van der Waals surface area contributed by atoms with Gasteiger partial charge in [0.05, 0.1) is 6.54 Å². The van der Waals surface area contributed by atoms with Gasteiger partial charge in [-0.05, 0) is 55.2 Å². The summed E-state index contributed by atoms with van der Waals surface area (Å²) in [6.45, 7) is 13.9. The highest BCUT2D eigenvalue weighted by Crippen LogP contribution is 2.12. The van der Waals surface area contributed by atoms with Crippen molar-refractivity contribution in [3.8, 4) is 0 Å². The third-order valence-corrected chi connectivity index (χ3v) is 10.5. The van der Waals surface area contributed by atoms with Crippen molar-refractivity contribution in [3.63, 3.8) is 0 Å². The first-order chi connectivity index (χ1) is 29.8. The number of carbonyl (C=O) groups excluding carboxylic acids is 5. The predicted octanol–water partition coefficient (Wildman–Crippen LogP) is -0.104. The highest BCUT2D eigenvalue weighted by atomic mass is 16.4. The quantitative estimate of drug-likeness (QED) is 0.0659. The lowest BCUT2D eigenvalue weighted by molar-refractivity contribution is -0.142. The number of nitrogens with one attached hydrogen (secondary N) is 8. The van der Waals surface area contributed by atoms with Gasteiger partial charge in [0, 0.05) is 65.2 Å². The van der Waals surface area contributed by atoms with Crippen molar-refractivity contribution in [1.29, 1.82) is 0 Å². The van der Waals surface area contributed by atoms with E-state index in [1.54, 1.807) is 62.4 Å². The summed E-state index contributed by atoms with van der Waals surface area (Å²) in [6.07, 6.45) is 1.87. The molecule has 0 aromatic heterocycles. The fourth-order valence-electron chi connectivity index (χ4n) is 7.08. The van der Waals surface area contributed by atoms with Crippen LogP contribution in [-0.4, -0.2) is 141 Å². The van der Waals surface area contributed by atoms with Gasteiger partial charge in [-0.1, -0.05) is 88.4 Å². The number of rotatable bonds is 23. The second-order valence-corrected chi connectivity index (χ2v) is 16.7. The molecule has 0 radical (unpaired) electrons. The molecule has 11 N–H and O–H groups in total. The summed E-state index contributed by atoms with van der Waals surface area (Å²) in [5, 5.41) is 34.1. The average molecular weight is 865 g/mol. The number of nitrogens with zero attached hydrogens (tertiary/aromatic N) is 1. The van der Waals surface area contributed by atoms with E-state index in [9.17, 15) is 33.9 Å². The van der Waals surface area contributed by atoms with Crippen molar-refractivity contribution < 1.29 is 33.9 Å². The van der Waals surface area contributed by atoms with E-state index in [0.29, 0.717) is 57.5 Å². The molecule has 5 amide bonds. The number of carbonyl (C=O) groups is 6. The SMILES string of the molecule is CC(C)C[C@H](NC(=O)[C@H](CCCCN)NC(=O)CN1CCNCCNCCNCC1)C(=O)N[C@H](C(=O)N[C@@H](Cc1ccccc1)C(=O)N[C@@H](Cc1ccccc1)C(=O)O)C(C)C. The minimum atomic E-state index is -1.26. The first-order valence-electron chi connectivity index (χ1n) is 22.1. The number of carboxylic acid groups (broad SMARTS) is 1. The van der Waals surface area contributed by atoms with Crippen molar-refractivity contribution in [2.24, 2.45) is 17.6 Å². The molecule has 344 valence electrons. The van der Waals surface area contributed by atoms with E-state index in [1.165, 1.54) is 0 Å². The van der Waals surface area contributed by atoms with Gasteiger partial charge in [-0.2, -0.15) is 0 Å². The van der Waals surface area contributed by atoms with Crippen LogP contribution in [0.2, 0.25) is 0 Å². The van der Waals surface area contributed by atoms with E-state index in [0.717, 1.165) is 31.7 Å². The molecule has 0 spiro atoms. The minimum absolute atomic E-state index is 0.0330. The molecule has 17 nitrogen and oxygen atoms in total. The maximum absolute atomic E-state index is 14.1. The molecule has 1 aliphatic rings. The van der Waals surface area contributed by atoms with E-state index in [2.05, 4.69) is 42.5 Å². The molecule has 62 heavy (non-hydrogen) atoms. The number of aliphatic carboxylic acids is 1. The zero-order valence-corrected chi connectivity index (χ0v) is 37.0. The Morgan fingerprint density at radius 2 is 1.10 bits per heavy atom. The molecule has 5 atom stereocenters. The lowest BCUT2D eigenvalue weighted by Crippen LogP contribution is -2.60. The summed E-state index contributed by atoms with van der Waals surface area (Å²) in [7, 11) is 0. The van der Waals surface area contributed by atoms with Crippen LogP contribution in [0.25, 0.3) is 0 Å². The average Bonchev–Trinajstić information content (AvgIpc) is 3.23. The van der Waals surface area contributed by atoms with Gasteiger partial charge >= 0.3 is 5.97 Å². The smallest absolute Gasteiger partial charge is 0.326 e. The normalized spacial score (nSPS) is 16.6. The van der Waals surface area contributed by atoms with Gasteiger partial charge in [0.2, 0.25) is 29.5 Å². The Morgan fingerprint density at radius 1 is 0.613 bits per heavy atom. The highest BCUT2D eigenvalue weighted by Gasteiger charge is 2.34. The fourth-order valence-corrected chi connectivity index (χ4v) is 7.08. The summed E-state index contributed by atoms with van der Waals surface area (Å²) in [6, 6.07) is 12.4. The molecular weight excluding hydrogens is 793 g/mol. The second-order valence-electron chi connectivity index (χ2n) is 16.7. The first-order valence-corrected chi connectivity index (χ1v) is 22.1. The van der Waals surface area contributed by atoms with Crippen LogP contribution < -0.4 is 48.3 Å². The van der Waals surface area contributed by atoms with Crippen molar-refractivity contribution in [1.82, 2.24) is 47.4 Å². The Balaban J connectivity index is 1.76. The third-order valence-electron chi connectivity index (χ3n) is 10.5. The van der Waals surface area contributed by atoms with Gasteiger partial charge in [0.15, 0.2) is 0 Å². The fraction of sp³-hybridized carbons (Fsp3) is 0.600. The molecule has 1 fully saturated rings. The standard InChI is InChI=1S/C45H72N10O7/c1-31(2)27-36(51-41(57)35(17-11-12-18-46)50-39(56)30-55-25-23-48-21-19-47-20-22-49-24-26-55)43(59)54-40(32(3)4)44(60)52-37(28-33-13-7-5-8-14-33)42(58)53-38(45(61)62)29-34-15-9-6-10-16-34/h5-10,13-16,31-32,35-38,40,47-49H,11-12,17-30,46H2,1-4H3,(H,50,56)(H,51,57)(H,52,60)(H,53,58)(H,54,59)(H,61,62)/t35-,36-,37-,38-,40-/m0/s1. The monoisotopic (exact) mass is 865 g/mol. The van der Waals surface area contributed by atoms with E-state index < -0.39 is 65.7 Å². The van der Waals surface area contributed by atoms with Crippen molar-refractivity contribution in [2.75, 3.05) is 65.4 Å².